The average Bonchev–Trinajstić information content (AvgIpc) is 2.87. The molecule has 0 bridgehead atoms. The lowest BCUT2D eigenvalue weighted by atomic mass is 9.84. The number of hydrogen-bond donors (Lipinski definition) is 0. The molecule has 1 aromatic carbocycles. The van der Waals surface area contributed by atoms with Crippen molar-refractivity contribution in [2.45, 2.75) is 46.0 Å². The summed E-state index contributed by atoms with van der Waals surface area (Å²) >= 11 is 0. The predicted molar refractivity (Wildman–Crippen MR) is 157 cm³/mol. The Morgan fingerprint density at radius 3 is 1.72 bits per heavy atom. The van der Waals surface area contributed by atoms with E-state index in [1.165, 1.54) is 5.57 Å². The Balaban J connectivity index is 0.00000134. The molecule has 1 aromatic rings. The van der Waals surface area contributed by atoms with Crippen molar-refractivity contribution in [1.29, 1.82) is 0 Å². The molecule has 0 aromatic heterocycles. The van der Waals surface area contributed by atoms with Crippen molar-refractivity contribution in [3.8, 4) is 11.5 Å². The number of rotatable bonds is 7. The molecule has 4 rings (SSSR count). The topological polar surface area (TPSA) is 65.6 Å². The second-order valence-corrected chi connectivity index (χ2v) is 11.2. The Bertz CT molecular complexity index is 949. The summed E-state index contributed by atoms with van der Waals surface area (Å²) in [7, 11) is 4.20. The molecule has 0 N–H and O–H groups in total. The van der Waals surface area contributed by atoms with E-state index in [1.54, 1.807) is 6.08 Å². The van der Waals surface area contributed by atoms with Gasteiger partial charge in [-0.05, 0) is 71.8 Å². The zero-order valence-electron chi connectivity index (χ0n) is 24.7. The number of benzene rings is 1. The molecule has 8 heteroatoms. The summed E-state index contributed by atoms with van der Waals surface area (Å²) in [6.45, 7) is 17.1. The first kappa shape index (κ1) is 31.0. The van der Waals surface area contributed by atoms with Crippen molar-refractivity contribution in [2.24, 2.45) is 0 Å². The molecule has 216 valence electrons. The fourth-order valence-electron chi connectivity index (χ4n) is 5.29. The second-order valence-electron chi connectivity index (χ2n) is 11.2. The highest BCUT2D eigenvalue weighted by Crippen LogP contribution is 2.42. The monoisotopic (exact) mass is 540 g/mol. The quantitative estimate of drug-likeness (QED) is 0.295. The highest BCUT2D eigenvalue weighted by molar-refractivity contribution is 5.78. The lowest BCUT2D eigenvalue weighted by Gasteiger charge is -2.32. The number of aryl methyl sites for hydroxylation is 1. The Kier molecular flexibility index (Phi) is 12.2. The zero-order valence-corrected chi connectivity index (χ0v) is 24.7. The number of hydrogen-bond acceptors (Lipinski definition) is 8. The molecule has 8 nitrogen and oxygen atoms in total. The summed E-state index contributed by atoms with van der Waals surface area (Å²) in [4.78, 5) is 34.8. The van der Waals surface area contributed by atoms with Crippen molar-refractivity contribution in [2.75, 3.05) is 79.5 Å². The third-order valence-electron chi connectivity index (χ3n) is 7.54. The Morgan fingerprint density at radius 1 is 0.872 bits per heavy atom. The second kappa shape index (κ2) is 15.3. The van der Waals surface area contributed by atoms with Crippen LogP contribution in [0.1, 0.15) is 50.2 Å². The molecule has 3 aliphatic rings. The van der Waals surface area contributed by atoms with E-state index in [-0.39, 0.29) is 30.9 Å². The zero-order chi connectivity index (χ0) is 28.4. The standard InChI is InChI=1S/C28H42N4O4.C3H6/c1-21-6-5-7-23(16-21)28-24(35-26(33)19-31-12-8-29(3)9-13-31)17-22(2)18-25(28)36-27(34)20-32-14-10-30(4)11-15-32;1-3-2/h16-18,23H,5-15,19-20H2,1-4H3;3H,1H2,2H3. The van der Waals surface area contributed by atoms with Crippen molar-refractivity contribution in [3.63, 3.8) is 0 Å². The van der Waals surface area contributed by atoms with Gasteiger partial charge in [-0.2, -0.15) is 0 Å². The van der Waals surface area contributed by atoms with Gasteiger partial charge in [-0.25, -0.2) is 0 Å². The molecule has 1 unspecified atom stereocenters. The SMILES string of the molecule is C=CC.CC1=CC(c2c(OC(=O)CN3CCN(C)CC3)cc(C)cc2OC(=O)CN2CCN(C)CC2)CCC1. The number of esters is 2. The molecule has 2 aliphatic heterocycles. The molecular formula is C31H48N4O4. The number of carbonyl (C=O) groups excluding carboxylic acids is 2. The van der Waals surface area contributed by atoms with Gasteiger partial charge in [0.2, 0.25) is 0 Å². The minimum Gasteiger partial charge on any atom is -0.425 e. The van der Waals surface area contributed by atoms with E-state index in [0.29, 0.717) is 11.5 Å². The molecule has 0 spiro atoms. The van der Waals surface area contributed by atoms with E-state index >= 15 is 0 Å². The molecule has 39 heavy (non-hydrogen) atoms. The number of carbonyl (C=O) groups is 2. The fourth-order valence-corrected chi connectivity index (χ4v) is 5.29. The van der Waals surface area contributed by atoms with Gasteiger partial charge in [0.05, 0.1) is 13.1 Å². The predicted octanol–water partition coefficient (Wildman–Crippen LogP) is 3.71. The van der Waals surface area contributed by atoms with Gasteiger partial charge < -0.3 is 19.3 Å². The number of nitrogens with zero attached hydrogens (tertiary/aromatic N) is 4. The molecule has 2 heterocycles. The minimum atomic E-state index is -0.266. The first-order valence-electron chi connectivity index (χ1n) is 14.3. The third-order valence-corrected chi connectivity index (χ3v) is 7.54. The van der Waals surface area contributed by atoms with E-state index in [0.717, 1.165) is 82.7 Å². The van der Waals surface area contributed by atoms with Crippen LogP contribution in [0.4, 0.5) is 0 Å². The Hall–Kier alpha value is -2.52. The van der Waals surface area contributed by atoms with Gasteiger partial charge in [0.1, 0.15) is 11.5 Å². The molecule has 2 fully saturated rings. The normalized spacial score (nSPS) is 21.4. The molecular weight excluding hydrogens is 492 g/mol. The van der Waals surface area contributed by atoms with Crippen LogP contribution >= 0.6 is 0 Å². The summed E-state index contributed by atoms with van der Waals surface area (Å²) < 4.78 is 12.0. The molecule has 1 aliphatic carbocycles. The molecule has 0 radical (unpaired) electrons. The summed E-state index contributed by atoms with van der Waals surface area (Å²) in [5, 5.41) is 0. The summed E-state index contributed by atoms with van der Waals surface area (Å²) in [5.74, 6) is 0.562. The summed E-state index contributed by atoms with van der Waals surface area (Å²) in [6, 6.07) is 3.82. The van der Waals surface area contributed by atoms with E-state index < -0.39 is 0 Å². The highest BCUT2D eigenvalue weighted by atomic mass is 16.5. The Labute approximate surface area is 235 Å². The van der Waals surface area contributed by atoms with Gasteiger partial charge in [0, 0.05) is 63.8 Å². The van der Waals surface area contributed by atoms with Crippen molar-refractivity contribution >= 4 is 11.9 Å². The minimum absolute atomic E-state index is 0.0530. The maximum absolute atomic E-state index is 13.0. The van der Waals surface area contributed by atoms with Crippen LogP contribution in [0.3, 0.4) is 0 Å². The van der Waals surface area contributed by atoms with Crippen LogP contribution in [0.5, 0.6) is 11.5 Å². The van der Waals surface area contributed by atoms with Crippen LogP contribution in [0, 0.1) is 6.92 Å². The maximum atomic E-state index is 13.0. The van der Waals surface area contributed by atoms with Crippen LogP contribution < -0.4 is 9.47 Å². The van der Waals surface area contributed by atoms with E-state index in [9.17, 15) is 9.59 Å². The third kappa shape index (κ3) is 9.87. The molecule has 0 saturated carbocycles. The fraction of sp³-hybridized carbons (Fsp3) is 0.613. The van der Waals surface area contributed by atoms with Crippen LogP contribution in [0.2, 0.25) is 0 Å². The van der Waals surface area contributed by atoms with Crippen molar-refractivity contribution < 1.29 is 19.1 Å². The van der Waals surface area contributed by atoms with Crippen molar-refractivity contribution in [3.05, 3.63) is 47.6 Å². The number of likely N-dealkylation sites (N-methyl/N-ethyl adjacent to an activating group) is 2. The van der Waals surface area contributed by atoms with Crippen LogP contribution in [0.15, 0.2) is 36.4 Å². The number of ether oxygens (including phenoxy) is 2. The summed E-state index contributed by atoms with van der Waals surface area (Å²) in [6.07, 6.45) is 7.06. The van der Waals surface area contributed by atoms with E-state index in [2.05, 4.69) is 53.3 Å². The lowest BCUT2D eigenvalue weighted by molar-refractivity contribution is -0.136. The molecule has 0 amide bonds. The first-order chi connectivity index (χ1) is 18.7. The lowest BCUT2D eigenvalue weighted by Crippen LogP contribution is -2.47. The van der Waals surface area contributed by atoms with Gasteiger partial charge in [0.25, 0.3) is 0 Å². The van der Waals surface area contributed by atoms with Crippen molar-refractivity contribution in [1.82, 2.24) is 19.6 Å². The smallest absolute Gasteiger partial charge is 0.325 e. The van der Waals surface area contributed by atoms with Crippen LogP contribution in [-0.2, 0) is 9.59 Å². The van der Waals surface area contributed by atoms with E-state index in [1.807, 2.05) is 26.0 Å². The van der Waals surface area contributed by atoms with Crippen LogP contribution in [0.25, 0.3) is 0 Å². The maximum Gasteiger partial charge on any atom is 0.325 e. The van der Waals surface area contributed by atoms with Gasteiger partial charge in [0.15, 0.2) is 0 Å². The van der Waals surface area contributed by atoms with Gasteiger partial charge in [-0.1, -0.05) is 17.7 Å². The van der Waals surface area contributed by atoms with E-state index in [4.69, 9.17) is 9.47 Å². The van der Waals surface area contributed by atoms with Crippen LogP contribution in [-0.4, -0.2) is 111 Å². The number of piperazine rings is 2. The molecule has 2 saturated heterocycles. The first-order valence-corrected chi connectivity index (χ1v) is 14.3. The highest BCUT2D eigenvalue weighted by Gasteiger charge is 2.27. The Morgan fingerprint density at radius 2 is 1.31 bits per heavy atom. The van der Waals surface area contributed by atoms with Gasteiger partial charge in [-0.15, -0.1) is 6.58 Å². The number of allylic oxidation sites excluding steroid dienone is 3. The summed E-state index contributed by atoms with van der Waals surface area (Å²) in [5.41, 5.74) is 3.04. The largest absolute Gasteiger partial charge is 0.425 e. The van der Waals surface area contributed by atoms with Gasteiger partial charge in [-0.3, -0.25) is 19.4 Å². The average molecular weight is 541 g/mol. The molecule has 1 atom stereocenters. The van der Waals surface area contributed by atoms with Gasteiger partial charge >= 0.3 is 11.9 Å².